The van der Waals surface area contributed by atoms with E-state index in [4.69, 9.17) is 0 Å². The number of fused-ring (bicyclic) bond motifs is 1. The van der Waals surface area contributed by atoms with Crippen LogP contribution in [0.5, 0.6) is 0 Å². The Morgan fingerprint density at radius 3 is 2.07 bits per heavy atom. The van der Waals surface area contributed by atoms with Crippen LogP contribution in [0.1, 0.15) is 35.7 Å². The molecule has 0 aliphatic heterocycles. The maximum atomic E-state index is 13.3. The molecule has 0 aliphatic carbocycles. The van der Waals surface area contributed by atoms with Gasteiger partial charge in [-0.05, 0) is 17.7 Å². The number of hydrogen-bond donors (Lipinski definition) is 2. The summed E-state index contributed by atoms with van der Waals surface area (Å²) in [6, 6.07) is 0.585. The Morgan fingerprint density at radius 2 is 1.57 bits per heavy atom. The smallest absolute Gasteiger partial charge is 0.291 e. The minimum Gasteiger partial charge on any atom is -0.291 e. The van der Waals surface area contributed by atoms with Crippen molar-refractivity contribution in [2.45, 2.75) is 31.2 Å². The van der Waals surface area contributed by atoms with Crippen molar-refractivity contribution in [3.63, 3.8) is 0 Å². The lowest BCUT2D eigenvalue weighted by Crippen LogP contribution is -2.25. The maximum Gasteiger partial charge on any atom is 0.416 e. The number of aromatic nitrogens is 4. The largest absolute Gasteiger partial charge is 0.416 e. The number of rotatable bonds is 4. The van der Waals surface area contributed by atoms with E-state index in [2.05, 4.69) is 5.10 Å². The minimum atomic E-state index is -4.89. The van der Waals surface area contributed by atoms with E-state index in [1.54, 1.807) is 4.98 Å². The monoisotopic (exact) mass is 442 g/mol. The van der Waals surface area contributed by atoms with Crippen LogP contribution in [0.15, 0.2) is 33.9 Å². The Hall–Kier alpha value is -3.19. The van der Waals surface area contributed by atoms with Crippen LogP contribution in [-0.2, 0) is 6.18 Å². The second kappa shape index (κ2) is 7.25. The molecule has 3 rings (SSSR count). The number of benzene rings is 1. The topological polar surface area (TPSA) is 83.5 Å². The van der Waals surface area contributed by atoms with Gasteiger partial charge in [-0.25, -0.2) is 18.3 Å². The molecule has 162 valence electrons. The molecule has 1 unspecified atom stereocenters. The molecule has 2 aromatic heterocycles. The molecule has 6 nitrogen and oxygen atoms in total. The summed E-state index contributed by atoms with van der Waals surface area (Å²) in [7, 11) is 0. The van der Waals surface area contributed by atoms with Gasteiger partial charge in [0.2, 0.25) is 0 Å². The Morgan fingerprint density at radius 1 is 0.967 bits per heavy atom. The molecule has 0 saturated carbocycles. The second-order valence-electron chi connectivity index (χ2n) is 6.22. The fourth-order valence-electron chi connectivity index (χ4n) is 2.94. The van der Waals surface area contributed by atoms with Crippen LogP contribution < -0.4 is 11.2 Å². The lowest BCUT2D eigenvalue weighted by Gasteiger charge is -2.21. The Labute approximate surface area is 160 Å². The zero-order chi connectivity index (χ0) is 22.4. The molecular weight excluding hydrogens is 432 g/mol. The summed E-state index contributed by atoms with van der Waals surface area (Å²) in [6.45, 7) is 0. The van der Waals surface area contributed by atoms with E-state index in [9.17, 15) is 44.7 Å². The van der Waals surface area contributed by atoms with Gasteiger partial charge in [0.05, 0.1) is 18.0 Å². The van der Waals surface area contributed by atoms with Gasteiger partial charge >= 0.3 is 18.0 Å². The third-order valence-electron chi connectivity index (χ3n) is 4.17. The SMILES string of the molecule is O=c1[nH]c(=O)c2c(C(F)F)nn(C(CC(F)(F)F)c3ccc(C(F)(F)F)cc3)c2[nH]1. The summed E-state index contributed by atoms with van der Waals surface area (Å²) < 4.78 is 105. The zero-order valence-electron chi connectivity index (χ0n) is 14.4. The average molecular weight is 442 g/mol. The number of hydrogen-bond acceptors (Lipinski definition) is 3. The summed E-state index contributed by atoms with van der Waals surface area (Å²) in [6.07, 6.45) is -14.7. The highest BCUT2D eigenvalue weighted by Gasteiger charge is 2.37. The minimum absolute atomic E-state index is 0.355. The van der Waals surface area contributed by atoms with Gasteiger partial charge < -0.3 is 0 Å². The van der Waals surface area contributed by atoms with Crippen molar-refractivity contribution in [2.24, 2.45) is 0 Å². The molecule has 0 aliphatic rings. The first-order chi connectivity index (χ1) is 13.8. The van der Waals surface area contributed by atoms with Crippen LogP contribution in [0.3, 0.4) is 0 Å². The van der Waals surface area contributed by atoms with Crippen LogP contribution in [0.4, 0.5) is 35.1 Å². The van der Waals surface area contributed by atoms with E-state index in [1.807, 2.05) is 4.98 Å². The molecule has 1 atom stereocenters. The molecule has 0 amide bonds. The maximum absolute atomic E-state index is 13.3. The molecule has 1 aromatic carbocycles. The molecular formula is C16H10F8N4O2. The van der Waals surface area contributed by atoms with Gasteiger partial charge in [0.25, 0.3) is 12.0 Å². The molecule has 0 radical (unpaired) electrons. The number of nitrogens with one attached hydrogen (secondary N) is 2. The molecule has 2 heterocycles. The van der Waals surface area contributed by atoms with Crippen LogP contribution in [-0.4, -0.2) is 25.9 Å². The zero-order valence-corrected chi connectivity index (χ0v) is 14.4. The molecule has 0 spiro atoms. The number of H-pyrrole nitrogens is 2. The van der Waals surface area contributed by atoms with Crippen molar-refractivity contribution in [1.82, 2.24) is 19.7 Å². The fourth-order valence-corrected chi connectivity index (χ4v) is 2.94. The highest BCUT2D eigenvalue weighted by atomic mass is 19.4. The van der Waals surface area contributed by atoms with Crippen molar-refractivity contribution >= 4 is 11.0 Å². The van der Waals surface area contributed by atoms with E-state index < -0.39 is 64.8 Å². The summed E-state index contributed by atoms with van der Waals surface area (Å²) in [5.74, 6) is 0. The first-order valence-corrected chi connectivity index (χ1v) is 8.04. The van der Waals surface area contributed by atoms with E-state index in [0.29, 0.717) is 16.8 Å². The third-order valence-corrected chi connectivity index (χ3v) is 4.17. The Kier molecular flexibility index (Phi) is 5.20. The molecule has 0 saturated heterocycles. The van der Waals surface area contributed by atoms with Gasteiger partial charge in [-0.2, -0.15) is 31.4 Å². The number of alkyl halides is 8. The van der Waals surface area contributed by atoms with Crippen molar-refractivity contribution in [1.29, 1.82) is 0 Å². The lowest BCUT2D eigenvalue weighted by atomic mass is 10.0. The van der Waals surface area contributed by atoms with E-state index in [1.165, 1.54) is 0 Å². The van der Waals surface area contributed by atoms with Gasteiger partial charge in [0.15, 0.2) is 0 Å². The predicted octanol–water partition coefficient (Wildman–Crippen LogP) is 3.91. The Bertz CT molecular complexity index is 1170. The van der Waals surface area contributed by atoms with Gasteiger partial charge in [0.1, 0.15) is 16.7 Å². The second-order valence-corrected chi connectivity index (χ2v) is 6.22. The molecule has 0 bridgehead atoms. The number of nitrogens with zero attached hydrogens (tertiary/aromatic N) is 2. The number of aromatic amines is 2. The predicted molar refractivity (Wildman–Crippen MR) is 86.2 cm³/mol. The summed E-state index contributed by atoms with van der Waals surface area (Å²) >= 11 is 0. The summed E-state index contributed by atoms with van der Waals surface area (Å²) in [5, 5.41) is 2.55. The highest BCUT2D eigenvalue weighted by Crippen LogP contribution is 2.36. The molecule has 2 N–H and O–H groups in total. The lowest BCUT2D eigenvalue weighted by molar-refractivity contribution is -0.141. The van der Waals surface area contributed by atoms with Gasteiger partial charge in [0, 0.05) is 0 Å². The van der Waals surface area contributed by atoms with Gasteiger partial charge in [-0.3, -0.25) is 14.8 Å². The first-order valence-electron chi connectivity index (χ1n) is 8.04. The molecule has 0 fully saturated rings. The van der Waals surface area contributed by atoms with Gasteiger partial charge in [-0.15, -0.1) is 0 Å². The molecule has 30 heavy (non-hydrogen) atoms. The van der Waals surface area contributed by atoms with Crippen LogP contribution in [0, 0.1) is 0 Å². The highest BCUT2D eigenvalue weighted by molar-refractivity contribution is 5.77. The summed E-state index contributed by atoms with van der Waals surface area (Å²) in [4.78, 5) is 27.1. The first kappa shape index (κ1) is 21.5. The van der Waals surface area contributed by atoms with E-state index >= 15 is 0 Å². The fraction of sp³-hybridized carbons (Fsp3) is 0.312. The van der Waals surface area contributed by atoms with Crippen LogP contribution in [0.25, 0.3) is 11.0 Å². The van der Waals surface area contributed by atoms with E-state index in [-0.39, 0.29) is 5.56 Å². The average Bonchev–Trinajstić information content (AvgIpc) is 2.98. The third kappa shape index (κ3) is 4.21. The quantitative estimate of drug-likeness (QED) is 0.601. The Balaban J connectivity index is 2.26. The van der Waals surface area contributed by atoms with Gasteiger partial charge in [-0.1, -0.05) is 12.1 Å². The number of halogens is 8. The van der Waals surface area contributed by atoms with Crippen LogP contribution >= 0.6 is 0 Å². The molecule has 14 heteroatoms. The van der Waals surface area contributed by atoms with Crippen molar-refractivity contribution in [2.75, 3.05) is 0 Å². The van der Waals surface area contributed by atoms with E-state index in [0.717, 1.165) is 12.1 Å². The van der Waals surface area contributed by atoms with Crippen molar-refractivity contribution < 1.29 is 35.1 Å². The standard InChI is InChI=1S/C16H10F8N4O2/c17-11(18)10-9-12(25-14(30)26-13(9)29)28(27-10)8(5-15(19,20)21)6-1-3-7(4-2-6)16(22,23)24/h1-4,8,11H,5H2,(H2,25,26,29,30). The molecule has 3 aromatic rings. The normalized spacial score (nSPS) is 13.9. The summed E-state index contributed by atoms with van der Waals surface area (Å²) in [5.41, 5.74) is -5.87. The van der Waals surface area contributed by atoms with Crippen molar-refractivity contribution in [3.8, 4) is 0 Å². The van der Waals surface area contributed by atoms with Crippen molar-refractivity contribution in [3.05, 3.63) is 61.9 Å². The van der Waals surface area contributed by atoms with Crippen LogP contribution in [0.2, 0.25) is 0 Å².